The van der Waals surface area contributed by atoms with E-state index in [9.17, 15) is 27.9 Å². The van der Waals surface area contributed by atoms with Crippen molar-refractivity contribution in [2.75, 3.05) is 31.6 Å². The maximum atomic E-state index is 15.0. The summed E-state index contributed by atoms with van der Waals surface area (Å²) in [6.45, 7) is 6.69. The Morgan fingerprint density at radius 3 is 2.29 bits per heavy atom. The van der Waals surface area contributed by atoms with E-state index in [2.05, 4.69) is 19.2 Å². The van der Waals surface area contributed by atoms with Crippen LogP contribution in [0.2, 0.25) is 0 Å². The molecule has 1 saturated heterocycles. The van der Waals surface area contributed by atoms with Crippen molar-refractivity contribution in [1.29, 1.82) is 0 Å². The van der Waals surface area contributed by atoms with Gasteiger partial charge in [-0.15, -0.1) is 0 Å². The van der Waals surface area contributed by atoms with Crippen LogP contribution in [0, 0.1) is 17.2 Å². The third kappa shape index (κ3) is 5.58. The van der Waals surface area contributed by atoms with Gasteiger partial charge < -0.3 is 25.0 Å². The number of anilines is 1. The summed E-state index contributed by atoms with van der Waals surface area (Å²) < 4.78 is 48.6. The van der Waals surface area contributed by atoms with Gasteiger partial charge in [0.25, 0.3) is 0 Å². The molecule has 1 aromatic carbocycles. The van der Waals surface area contributed by atoms with E-state index in [1.54, 1.807) is 6.07 Å². The first-order valence-corrected chi connectivity index (χ1v) is 11.0. The highest BCUT2D eigenvalue weighted by Crippen LogP contribution is 2.41. The fourth-order valence-electron chi connectivity index (χ4n) is 4.38. The SMILES string of the molecule is CNCC1CN(c2cc3c(cc2F)c(=O)c(C(=O)O)cn3C2CC2)CC1(C)C.O=C(O)C(F)(F)F. The number of nitrogens with one attached hydrogen (secondary N) is 1. The fourth-order valence-corrected chi connectivity index (χ4v) is 4.38. The van der Waals surface area contributed by atoms with Crippen LogP contribution >= 0.6 is 0 Å². The minimum absolute atomic E-state index is 0.0354. The van der Waals surface area contributed by atoms with Crippen LogP contribution in [0.1, 0.15) is 43.1 Å². The van der Waals surface area contributed by atoms with Crippen molar-refractivity contribution in [3.8, 4) is 0 Å². The predicted molar refractivity (Wildman–Crippen MR) is 120 cm³/mol. The molecule has 1 saturated carbocycles. The van der Waals surface area contributed by atoms with Crippen LogP contribution in [0.25, 0.3) is 10.9 Å². The quantitative estimate of drug-likeness (QED) is 0.538. The number of rotatable bonds is 5. The number of carbonyl (C=O) groups is 2. The van der Waals surface area contributed by atoms with Crippen molar-refractivity contribution in [3.05, 3.63) is 39.9 Å². The largest absolute Gasteiger partial charge is 0.490 e. The smallest absolute Gasteiger partial charge is 0.477 e. The Morgan fingerprint density at radius 1 is 1.20 bits per heavy atom. The number of carboxylic acid groups (broad SMARTS) is 2. The minimum Gasteiger partial charge on any atom is -0.477 e. The molecule has 0 bridgehead atoms. The molecule has 2 heterocycles. The number of aromatic carboxylic acids is 1. The molecule has 0 spiro atoms. The fraction of sp³-hybridized carbons (Fsp3) is 0.522. The van der Waals surface area contributed by atoms with Gasteiger partial charge in [-0.05, 0) is 49.9 Å². The monoisotopic (exact) mass is 501 g/mol. The molecule has 0 amide bonds. The molecule has 12 heteroatoms. The average Bonchev–Trinajstić information content (AvgIpc) is 3.53. The lowest BCUT2D eigenvalue weighted by atomic mass is 9.82. The Morgan fingerprint density at radius 2 is 1.80 bits per heavy atom. The first-order chi connectivity index (χ1) is 16.2. The number of fused-ring (bicyclic) bond motifs is 1. The molecule has 35 heavy (non-hydrogen) atoms. The third-order valence-electron chi connectivity index (χ3n) is 6.45. The summed E-state index contributed by atoms with van der Waals surface area (Å²) >= 11 is 0. The summed E-state index contributed by atoms with van der Waals surface area (Å²) in [6, 6.07) is 3.12. The molecule has 1 unspecified atom stereocenters. The maximum Gasteiger partial charge on any atom is 0.490 e. The summed E-state index contributed by atoms with van der Waals surface area (Å²) in [5.74, 6) is -4.13. The average molecular weight is 501 g/mol. The topological polar surface area (TPSA) is 112 Å². The predicted octanol–water partition coefficient (Wildman–Crippen LogP) is 3.49. The summed E-state index contributed by atoms with van der Waals surface area (Å²) in [5.41, 5.74) is 0.204. The zero-order chi connectivity index (χ0) is 26.3. The number of pyridine rings is 1. The highest BCUT2D eigenvalue weighted by molar-refractivity contribution is 5.93. The lowest BCUT2D eigenvalue weighted by Gasteiger charge is -2.25. The normalized spacial score (nSPS) is 19.4. The van der Waals surface area contributed by atoms with Gasteiger partial charge in [0.2, 0.25) is 5.43 Å². The minimum atomic E-state index is -5.08. The zero-order valence-electron chi connectivity index (χ0n) is 19.4. The van der Waals surface area contributed by atoms with Gasteiger partial charge in [-0.1, -0.05) is 13.8 Å². The number of benzene rings is 1. The van der Waals surface area contributed by atoms with Gasteiger partial charge in [0.15, 0.2) is 0 Å². The molecule has 1 atom stereocenters. The lowest BCUT2D eigenvalue weighted by molar-refractivity contribution is -0.192. The van der Waals surface area contributed by atoms with Gasteiger partial charge in [0.1, 0.15) is 11.4 Å². The van der Waals surface area contributed by atoms with Crippen LogP contribution in [0.5, 0.6) is 0 Å². The molecule has 1 aliphatic heterocycles. The molecule has 4 rings (SSSR count). The van der Waals surface area contributed by atoms with Crippen molar-refractivity contribution >= 4 is 28.5 Å². The Hall–Kier alpha value is -3.15. The van der Waals surface area contributed by atoms with E-state index in [1.807, 2.05) is 16.5 Å². The molecule has 2 aromatic rings. The van der Waals surface area contributed by atoms with Crippen molar-refractivity contribution in [2.24, 2.45) is 11.3 Å². The molecule has 0 radical (unpaired) electrons. The standard InChI is InChI=1S/C21H26FN3O3.C2HF3O2/c1-21(2)11-24(9-12(21)8-23-3)18-7-17-14(6-16(18)22)19(26)15(20(27)28)10-25(17)13-4-5-13;3-2(4,5)1(6)7/h6-7,10,12-13,23H,4-5,8-9,11H2,1-3H3,(H,27,28);(H,6,7). The molecule has 1 aromatic heterocycles. The van der Waals surface area contributed by atoms with Gasteiger partial charge in [0, 0.05) is 30.7 Å². The second kappa shape index (κ2) is 9.48. The summed E-state index contributed by atoms with van der Waals surface area (Å²) in [7, 11) is 1.92. The Kier molecular flexibility index (Phi) is 7.16. The van der Waals surface area contributed by atoms with Gasteiger partial charge >= 0.3 is 18.1 Å². The Balaban J connectivity index is 0.000000429. The highest BCUT2D eigenvalue weighted by atomic mass is 19.4. The van der Waals surface area contributed by atoms with Gasteiger partial charge in [-0.25, -0.2) is 14.0 Å². The number of alkyl halides is 3. The summed E-state index contributed by atoms with van der Waals surface area (Å²) in [4.78, 5) is 35.0. The van der Waals surface area contributed by atoms with E-state index < -0.39 is 29.4 Å². The number of halogens is 4. The molecular formula is C23H27F4N3O5. The number of hydrogen-bond acceptors (Lipinski definition) is 5. The van der Waals surface area contributed by atoms with Crippen LogP contribution < -0.4 is 15.6 Å². The number of aromatic nitrogens is 1. The molecular weight excluding hydrogens is 474 g/mol. The van der Waals surface area contributed by atoms with E-state index in [-0.39, 0.29) is 22.4 Å². The summed E-state index contributed by atoms with van der Waals surface area (Å²) in [5, 5.41) is 19.8. The molecule has 2 aliphatic rings. The molecule has 1 aliphatic carbocycles. The molecule has 3 N–H and O–H groups in total. The first-order valence-electron chi connectivity index (χ1n) is 11.0. The second-order valence-corrected chi connectivity index (χ2v) is 9.56. The van der Waals surface area contributed by atoms with E-state index >= 15 is 4.39 Å². The second-order valence-electron chi connectivity index (χ2n) is 9.56. The summed E-state index contributed by atoms with van der Waals surface area (Å²) in [6.07, 6.45) is -1.79. The van der Waals surface area contributed by atoms with E-state index in [0.29, 0.717) is 17.1 Å². The lowest BCUT2D eigenvalue weighted by Crippen LogP contribution is -2.30. The van der Waals surface area contributed by atoms with Crippen molar-refractivity contribution in [2.45, 2.75) is 38.9 Å². The van der Waals surface area contributed by atoms with Gasteiger partial charge in [-0.2, -0.15) is 13.2 Å². The molecule has 2 fully saturated rings. The molecule has 192 valence electrons. The van der Waals surface area contributed by atoms with Crippen molar-refractivity contribution < 1.29 is 37.4 Å². The first kappa shape index (κ1) is 26.5. The van der Waals surface area contributed by atoms with E-state index in [1.165, 1.54) is 12.3 Å². The van der Waals surface area contributed by atoms with Crippen LogP contribution in [0.3, 0.4) is 0 Å². The number of aliphatic carboxylic acids is 1. The van der Waals surface area contributed by atoms with Gasteiger partial charge in [-0.3, -0.25) is 4.79 Å². The van der Waals surface area contributed by atoms with Gasteiger partial charge in [0.05, 0.1) is 11.2 Å². The third-order valence-corrected chi connectivity index (χ3v) is 6.45. The highest BCUT2D eigenvalue weighted by Gasteiger charge is 2.40. The zero-order valence-corrected chi connectivity index (χ0v) is 19.4. The Bertz CT molecular complexity index is 1200. The van der Waals surface area contributed by atoms with Crippen LogP contribution in [-0.2, 0) is 4.79 Å². The van der Waals surface area contributed by atoms with Crippen LogP contribution in [-0.4, -0.2) is 59.6 Å². The van der Waals surface area contributed by atoms with E-state index in [0.717, 1.165) is 32.5 Å². The maximum absolute atomic E-state index is 15.0. The van der Waals surface area contributed by atoms with E-state index in [4.69, 9.17) is 9.90 Å². The van der Waals surface area contributed by atoms with Crippen LogP contribution in [0.4, 0.5) is 23.2 Å². The van der Waals surface area contributed by atoms with Crippen molar-refractivity contribution in [1.82, 2.24) is 9.88 Å². The number of carboxylic acids is 2. The molecule has 8 nitrogen and oxygen atoms in total. The number of nitrogens with zero attached hydrogens (tertiary/aromatic N) is 2. The Labute approximate surface area is 198 Å². The number of hydrogen-bond donors (Lipinski definition) is 3. The van der Waals surface area contributed by atoms with Crippen LogP contribution in [0.15, 0.2) is 23.1 Å². The van der Waals surface area contributed by atoms with Crippen molar-refractivity contribution in [3.63, 3.8) is 0 Å².